The molecule has 15 heavy (non-hydrogen) atoms. The van der Waals surface area contributed by atoms with E-state index in [-0.39, 0.29) is 5.57 Å². The summed E-state index contributed by atoms with van der Waals surface area (Å²) < 4.78 is 11.9. The Balaban J connectivity index is 3.25. The lowest BCUT2D eigenvalue weighted by atomic mass is 10.1. The smallest absolute Gasteiger partial charge is 0.208 e. The van der Waals surface area contributed by atoms with E-state index in [1.165, 1.54) is 0 Å². The fourth-order valence-corrected chi connectivity index (χ4v) is 3.52. The Morgan fingerprint density at radius 3 is 2.00 bits per heavy atom. The van der Waals surface area contributed by atoms with Gasteiger partial charge in [0.15, 0.2) is 0 Å². The van der Waals surface area contributed by atoms with Crippen molar-refractivity contribution in [3.8, 4) is 0 Å². The maximum atomic E-state index is 13.6. The molecule has 0 saturated heterocycles. The number of alkyl halides is 3. The molecule has 0 saturated carbocycles. The second-order valence-corrected chi connectivity index (χ2v) is 7.80. The number of hydrogen-bond acceptors (Lipinski definition) is 0. The van der Waals surface area contributed by atoms with Gasteiger partial charge in [-0.25, -0.2) is 4.39 Å². The highest BCUT2D eigenvalue weighted by molar-refractivity contribution is 9.28. The Bertz CT molecular complexity index is 377. The topological polar surface area (TPSA) is 0 Å². The van der Waals surface area contributed by atoms with Crippen LogP contribution in [-0.2, 0) is 0 Å². The van der Waals surface area contributed by atoms with Gasteiger partial charge in [0, 0.05) is 10.6 Å². The van der Waals surface area contributed by atoms with Gasteiger partial charge in [-0.1, -0.05) is 35.3 Å². The van der Waals surface area contributed by atoms with E-state index in [0.29, 0.717) is 14.0 Å². The standard InChI is InChI=1S/C9H4Br3Cl2F/c10-8(11)7(9(12,14)15)5-1-3-6(13)4-2-5/h1-4H. The van der Waals surface area contributed by atoms with Crippen LogP contribution in [0.4, 0.5) is 4.39 Å². The molecule has 0 amide bonds. The van der Waals surface area contributed by atoms with Crippen LogP contribution in [0.25, 0.3) is 5.57 Å². The SMILES string of the molecule is FC(Cl)(Br)C(=C(Br)Br)c1ccc(Cl)cc1. The van der Waals surface area contributed by atoms with Crippen LogP contribution >= 0.6 is 71.0 Å². The molecular formula is C9H4Br3Cl2F. The van der Waals surface area contributed by atoms with Crippen LogP contribution in [0, 0.1) is 0 Å². The predicted octanol–water partition coefficient (Wildman–Crippen LogP) is 6.06. The summed E-state index contributed by atoms with van der Waals surface area (Å²) in [4.78, 5) is 0. The molecule has 0 aliphatic heterocycles. The van der Waals surface area contributed by atoms with Crippen molar-refractivity contribution in [2.24, 2.45) is 0 Å². The summed E-state index contributed by atoms with van der Waals surface area (Å²) in [5.74, 6) is 0. The normalized spacial score (nSPS) is 14.5. The average molecular weight is 442 g/mol. The molecule has 0 spiro atoms. The first-order valence-electron chi connectivity index (χ1n) is 3.71. The van der Waals surface area contributed by atoms with Crippen LogP contribution in [0.5, 0.6) is 0 Å². The van der Waals surface area contributed by atoms with Crippen LogP contribution in [0.15, 0.2) is 27.7 Å². The van der Waals surface area contributed by atoms with E-state index in [1.54, 1.807) is 24.3 Å². The molecular weight excluding hydrogens is 438 g/mol. The van der Waals surface area contributed by atoms with Crippen molar-refractivity contribution in [2.45, 2.75) is 4.04 Å². The average Bonchev–Trinajstić information content (AvgIpc) is 2.05. The summed E-state index contributed by atoms with van der Waals surface area (Å²) in [6, 6.07) is 6.68. The Morgan fingerprint density at radius 2 is 1.67 bits per heavy atom. The van der Waals surface area contributed by atoms with E-state index >= 15 is 0 Å². The Kier molecular flexibility index (Phi) is 5.12. The molecule has 1 aromatic rings. The Labute approximate surface area is 122 Å². The maximum Gasteiger partial charge on any atom is 0.265 e. The van der Waals surface area contributed by atoms with Crippen molar-refractivity contribution in [2.75, 3.05) is 0 Å². The van der Waals surface area contributed by atoms with Gasteiger partial charge in [0.2, 0.25) is 0 Å². The minimum absolute atomic E-state index is 0.251. The van der Waals surface area contributed by atoms with E-state index < -0.39 is 4.04 Å². The molecule has 0 heterocycles. The summed E-state index contributed by atoms with van der Waals surface area (Å²) in [7, 11) is 0. The van der Waals surface area contributed by atoms with Gasteiger partial charge in [-0.2, -0.15) is 0 Å². The molecule has 1 atom stereocenters. The zero-order valence-corrected chi connectivity index (χ0v) is 13.3. The van der Waals surface area contributed by atoms with Crippen molar-refractivity contribution in [3.63, 3.8) is 0 Å². The van der Waals surface area contributed by atoms with Gasteiger partial charge in [-0.3, -0.25) is 0 Å². The molecule has 0 nitrogen and oxygen atoms in total. The molecule has 1 unspecified atom stereocenters. The summed E-state index contributed by atoms with van der Waals surface area (Å²) in [6.45, 7) is 0. The molecule has 0 N–H and O–H groups in total. The highest BCUT2D eigenvalue weighted by atomic mass is 79.9. The zero-order valence-electron chi connectivity index (χ0n) is 7.08. The third-order valence-electron chi connectivity index (χ3n) is 1.61. The molecule has 1 aromatic carbocycles. The lowest BCUT2D eigenvalue weighted by molar-refractivity contribution is 0.493. The van der Waals surface area contributed by atoms with Crippen molar-refractivity contribution >= 4 is 76.6 Å². The quantitative estimate of drug-likeness (QED) is 0.490. The van der Waals surface area contributed by atoms with Crippen molar-refractivity contribution in [1.82, 2.24) is 0 Å². The fourth-order valence-electron chi connectivity index (χ4n) is 0.996. The molecule has 0 aromatic heterocycles. The molecule has 1 rings (SSSR count). The highest BCUT2D eigenvalue weighted by Crippen LogP contribution is 2.45. The minimum atomic E-state index is -2.14. The molecule has 0 radical (unpaired) electrons. The van der Waals surface area contributed by atoms with E-state index in [0.717, 1.165) is 0 Å². The Hall–Kier alpha value is 0.910. The van der Waals surface area contributed by atoms with Crippen molar-refractivity contribution < 1.29 is 4.39 Å². The minimum Gasteiger partial charge on any atom is -0.208 e. The third kappa shape index (κ3) is 4.00. The maximum absolute atomic E-state index is 13.6. The second kappa shape index (κ2) is 5.50. The largest absolute Gasteiger partial charge is 0.265 e. The summed E-state index contributed by atoms with van der Waals surface area (Å²) in [5, 5.41) is 0.581. The lowest BCUT2D eigenvalue weighted by Gasteiger charge is -2.15. The van der Waals surface area contributed by atoms with E-state index in [9.17, 15) is 4.39 Å². The van der Waals surface area contributed by atoms with Gasteiger partial charge in [-0.15, -0.1) is 0 Å². The predicted molar refractivity (Wildman–Crippen MR) is 74.8 cm³/mol. The monoisotopic (exact) mass is 438 g/mol. The van der Waals surface area contributed by atoms with Crippen LogP contribution in [0.1, 0.15) is 5.56 Å². The van der Waals surface area contributed by atoms with Gasteiger partial charge in [-0.05, 0) is 65.5 Å². The number of benzene rings is 1. The summed E-state index contributed by atoms with van der Waals surface area (Å²) in [6.07, 6.45) is 0. The van der Waals surface area contributed by atoms with Gasteiger partial charge in [0.1, 0.15) is 0 Å². The van der Waals surface area contributed by atoms with Crippen LogP contribution in [0.3, 0.4) is 0 Å². The van der Waals surface area contributed by atoms with Gasteiger partial charge in [0.05, 0.1) is 3.39 Å². The molecule has 6 heteroatoms. The first kappa shape index (κ1) is 14.0. The number of halogens is 6. The fraction of sp³-hybridized carbons (Fsp3) is 0.111. The van der Waals surface area contributed by atoms with Crippen molar-refractivity contribution in [3.05, 3.63) is 38.2 Å². The van der Waals surface area contributed by atoms with E-state index in [4.69, 9.17) is 23.2 Å². The molecule has 0 aliphatic carbocycles. The van der Waals surface area contributed by atoms with Gasteiger partial charge < -0.3 is 0 Å². The summed E-state index contributed by atoms with van der Waals surface area (Å²) >= 11 is 20.3. The Morgan fingerprint density at radius 1 is 1.20 bits per heavy atom. The zero-order chi connectivity index (χ0) is 11.6. The third-order valence-corrected chi connectivity index (χ3v) is 3.24. The van der Waals surface area contributed by atoms with Crippen molar-refractivity contribution in [1.29, 1.82) is 0 Å². The highest BCUT2D eigenvalue weighted by Gasteiger charge is 2.31. The number of rotatable bonds is 2. The van der Waals surface area contributed by atoms with Gasteiger partial charge in [0.25, 0.3) is 4.04 Å². The summed E-state index contributed by atoms with van der Waals surface area (Å²) in [5.41, 5.74) is 0.873. The molecule has 0 aliphatic rings. The molecule has 0 fully saturated rings. The first-order valence-corrected chi connectivity index (χ1v) is 6.84. The van der Waals surface area contributed by atoms with Crippen LogP contribution < -0.4 is 0 Å². The molecule has 0 bridgehead atoms. The lowest BCUT2D eigenvalue weighted by Crippen LogP contribution is -2.07. The number of hydrogen-bond donors (Lipinski definition) is 0. The van der Waals surface area contributed by atoms with Crippen LogP contribution in [0.2, 0.25) is 5.02 Å². The second-order valence-electron chi connectivity index (χ2n) is 2.64. The first-order chi connectivity index (χ1) is 6.82. The van der Waals surface area contributed by atoms with E-state index in [2.05, 4.69) is 47.8 Å². The number of allylic oxidation sites excluding steroid dienone is 1. The van der Waals surface area contributed by atoms with Crippen LogP contribution in [-0.4, -0.2) is 4.04 Å². The van der Waals surface area contributed by atoms with Gasteiger partial charge >= 0.3 is 0 Å². The van der Waals surface area contributed by atoms with E-state index in [1.807, 2.05) is 0 Å². The molecule has 82 valence electrons.